The van der Waals surface area contributed by atoms with E-state index in [4.69, 9.17) is 19.3 Å². The number of ketones is 1. The van der Waals surface area contributed by atoms with Crippen molar-refractivity contribution >= 4 is 29.6 Å². The first-order chi connectivity index (χ1) is 19.9. The Morgan fingerprint density at radius 3 is 1.95 bits per heavy atom. The van der Waals surface area contributed by atoms with E-state index in [-0.39, 0.29) is 23.2 Å². The van der Waals surface area contributed by atoms with Gasteiger partial charge in [-0.2, -0.15) is 0 Å². The lowest BCUT2D eigenvalue weighted by Gasteiger charge is -2.13. The summed E-state index contributed by atoms with van der Waals surface area (Å²) < 4.78 is 16.4. The van der Waals surface area contributed by atoms with Crippen LogP contribution in [0, 0.1) is 0 Å². The van der Waals surface area contributed by atoms with Crippen LogP contribution in [-0.2, 0) is 19.1 Å². The molecule has 0 atom stereocenters. The van der Waals surface area contributed by atoms with Gasteiger partial charge >= 0.3 is 5.97 Å². The summed E-state index contributed by atoms with van der Waals surface area (Å²) in [4.78, 5) is 48.2. The van der Waals surface area contributed by atoms with E-state index in [1.807, 2.05) is 24.3 Å². The molecule has 41 heavy (non-hydrogen) atoms. The molecule has 0 aromatic heterocycles. The van der Waals surface area contributed by atoms with Crippen LogP contribution in [0.2, 0.25) is 0 Å². The second-order valence-electron chi connectivity index (χ2n) is 9.31. The van der Waals surface area contributed by atoms with Gasteiger partial charge in [-0.1, -0.05) is 24.8 Å². The van der Waals surface area contributed by atoms with Gasteiger partial charge in [0.25, 0.3) is 11.8 Å². The van der Waals surface area contributed by atoms with E-state index in [1.165, 1.54) is 23.1 Å². The topological polar surface area (TPSA) is 119 Å². The third-order valence-electron chi connectivity index (χ3n) is 6.16. The van der Waals surface area contributed by atoms with Crippen LogP contribution in [-0.4, -0.2) is 66.5 Å². The largest absolute Gasteiger partial charge is 0.494 e. The SMILES string of the molecule is C=C(CO)C(=O)OCCCCCCOc1ccc(/C=C/C(=O)c2ccc(OCCCN3C(=O)C=CC3=O)cc2)cc1. The summed E-state index contributed by atoms with van der Waals surface area (Å²) >= 11 is 0. The van der Waals surface area contributed by atoms with Crippen molar-refractivity contribution in [2.45, 2.75) is 32.1 Å². The normalized spacial score (nSPS) is 12.7. The van der Waals surface area contributed by atoms with E-state index >= 15 is 0 Å². The van der Waals surface area contributed by atoms with Crippen molar-refractivity contribution in [3.63, 3.8) is 0 Å². The van der Waals surface area contributed by atoms with Gasteiger partial charge < -0.3 is 19.3 Å². The smallest absolute Gasteiger partial charge is 0.335 e. The highest BCUT2D eigenvalue weighted by molar-refractivity contribution is 6.12. The lowest BCUT2D eigenvalue weighted by molar-refractivity contribution is -0.140. The van der Waals surface area contributed by atoms with Crippen molar-refractivity contribution in [2.24, 2.45) is 0 Å². The van der Waals surface area contributed by atoms with Gasteiger partial charge in [-0.15, -0.1) is 0 Å². The number of hydrogen-bond acceptors (Lipinski definition) is 8. The zero-order valence-electron chi connectivity index (χ0n) is 23.0. The van der Waals surface area contributed by atoms with Crippen LogP contribution in [0.4, 0.5) is 0 Å². The highest BCUT2D eigenvalue weighted by atomic mass is 16.5. The van der Waals surface area contributed by atoms with Crippen LogP contribution < -0.4 is 9.47 Å². The molecule has 0 bridgehead atoms. The highest BCUT2D eigenvalue weighted by Gasteiger charge is 2.22. The van der Waals surface area contributed by atoms with Crippen LogP contribution in [0.3, 0.4) is 0 Å². The number of allylic oxidation sites excluding steroid dienone is 1. The van der Waals surface area contributed by atoms with E-state index in [0.717, 1.165) is 37.0 Å². The third kappa shape index (κ3) is 10.5. The molecule has 216 valence electrons. The minimum absolute atomic E-state index is 0.0595. The van der Waals surface area contributed by atoms with Crippen molar-refractivity contribution in [3.8, 4) is 11.5 Å². The molecule has 2 aromatic rings. The maximum absolute atomic E-state index is 12.5. The Morgan fingerprint density at radius 2 is 1.34 bits per heavy atom. The van der Waals surface area contributed by atoms with Crippen molar-refractivity contribution in [1.29, 1.82) is 0 Å². The number of esters is 1. The van der Waals surface area contributed by atoms with E-state index in [9.17, 15) is 19.2 Å². The third-order valence-corrected chi connectivity index (χ3v) is 6.16. The molecule has 0 spiro atoms. The molecule has 0 saturated heterocycles. The number of benzene rings is 2. The van der Waals surface area contributed by atoms with Gasteiger partial charge in [0.15, 0.2) is 5.78 Å². The number of rotatable bonds is 18. The summed E-state index contributed by atoms with van der Waals surface area (Å²) in [5.41, 5.74) is 1.46. The summed E-state index contributed by atoms with van der Waals surface area (Å²) in [7, 11) is 0. The Bertz CT molecular complexity index is 1240. The first kappa shape index (κ1) is 31.0. The molecule has 9 nitrogen and oxygen atoms in total. The van der Waals surface area contributed by atoms with Gasteiger partial charge in [-0.3, -0.25) is 19.3 Å². The van der Waals surface area contributed by atoms with Crippen molar-refractivity contribution in [1.82, 2.24) is 4.90 Å². The minimum atomic E-state index is -0.557. The van der Waals surface area contributed by atoms with Gasteiger partial charge in [0, 0.05) is 24.3 Å². The highest BCUT2D eigenvalue weighted by Crippen LogP contribution is 2.16. The first-order valence-corrected chi connectivity index (χ1v) is 13.5. The summed E-state index contributed by atoms with van der Waals surface area (Å²) in [6.45, 7) is 4.55. The van der Waals surface area contributed by atoms with Gasteiger partial charge in [0.1, 0.15) is 11.5 Å². The van der Waals surface area contributed by atoms with E-state index < -0.39 is 12.6 Å². The number of nitrogens with zero attached hydrogens (tertiary/aromatic N) is 1. The Hall–Kier alpha value is -4.50. The molecule has 1 N–H and O–H groups in total. The second kappa shape index (κ2) is 16.6. The second-order valence-corrected chi connectivity index (χ2v) is 9.31. The molecule has 1 aliphatic rings. The maximum atomic E-state index is 12.5. The van der Waals surface area contributed by atoms with E-state index in [2.05, 4.69) is 6.58 Å². The number of carbonyl (C=O) groups is 4. The summed E-state index contributed by atoms with van der Waals surface area (Å²) in [5, 5.41) is 8.82. The van der Waals surface area contributed by atoms with E-state index in [1.54, 1.807) is 30.3 Å². The molecule has 0 radical (unpaired) electrons. The molecule has 1 aliphatic heterocycles. The zero-order chi connectivity index (χ0) is 29.5. The van der Waals surface area contributed by atoms with Crippen LogP contribution >= 0.6 is 0 Å². The Kier molecular flexibility index (Phi) is 12.5. The standard InChI is InChI=1S/C32H35NO8/c1-24(23-34)32(38)41-21-5-3-2-4-20-39-27-12-7-25(8-13-27)9-16-29(35)26-10-14-28(15-11-26)40-22-6-19-33-30(36)17-18-31(33)37/h7-18,34H,1-6,19-23H2/b16-9+. The fourth-order valence-electron chi connectivity index (χ4n) is 3.80. The van der Waals surface area contributed by atoms with Crippen LogP contribution in [0.15, 0.2) is 78.9 Å². The van der Waals surface area contributed by atoms with Gasteiger partial charge in [-0.05, 0) is 80.1 Å². The number of carbonyl (C=O) groups excluding carboxylic acids is 4. The molecule has 9 heteroatoms. The molecule has 2 amide bonds. The molecule has 1 heterocycles. The average molecular weight is 562 g/mol. The van der Waals surface area contributed by atoms with E-state index in [0.29, 0.717) is 44.1 Å². The number of aliphatic hydroxyl groups is 1. The quantitative estimate of drug-likeness (QED) is 0.0941. The number of hydrogen-bond donors (Lipinski definition) is 1. The van der Waals surface area contributed by atoms with Crippen molar-refractivity contribution in [2.75, 3.05) is 33.0 Å². The van der Waals surface area contributed by atoms with Crippen LogP contribution in [0.25, 0.3) is 6.08 Å². The molecule has 0 unspecified atom stereocenters. The Labute approximate surface area is 239 Å². The van der Waals surface area contributed by atoms with Crippen molar-refractivity contribution < 1.29 is 38.5 Å². The van der Waals surface area contributed by atoms with Crippen LogP contribution in [0.5, 0.6) is 11.5 Å². The van der Waals surface area contributed by atoms with Crippen LogP contribution in [0.1, 0.15) is 48.0 Å². The lowest BCUT2D eigenvalue weighted by atomic mass is 10.1. The summed E-state index contributed by atoms with van der Waals surface area (Å²) in [5.74, 6) is 0.0454. The van der Waals surface area contributed by atoms with Crippen molar-refractivity contribution in [3.05, 3.63) is 90.0 Å². The number of amides is 2. The molecule has 0 fully saturated rings. The molecular weight excluding hydrogens is 526 g/mol. The van der Waals surface area contributed by atoms with Gasteiger partial charge in [0.2, 0.25) is 0 Å². The Morgan fingerprint density at radius 1 is 0.780 bits per heavy atom. The number of unbranched alkanes of at least 4 members (excludes halogenated alkanes) is 3. The zero-order valence-corrected chi connectivity index (χ0v) is 23.0. The summed E-state index contributed by atoms with van der Waals surface area (Å²) in [6, 6.07) is 14.3. The number of aliphatic hydroxyl groups excluding tert-OH is 1. The lowest BCUT2D eigenvalue weighted by Crippen LogP contribution is -2.31. The molecule has 0 saturated carbocycles. The number of ether oxygens (including phenoxy) is 3. The molecular formula is C32H35NO8. The first-order valence-electron chi connectivity index (χ1n) is 13.5. The summed E-state index contributed by atoms with van der Waals surface area (Å²) in [6.07, 6.45) is 9.74. The van der Waals surface area contributed by atoms with Gasteiger partial charge in [-0.25, -0.2) is 4.79 Å². The monoisotopic (exact) mass is 561 g/mol. The number of imide groups is 1. The fourth-order valence-corrected chi connectivity index (χ4v) is 3.80. The minimum Gasteiger partial charge on any atom is -0.494 e. The molecule has 3 rings (SSSR count). The predicted octanol–water partition coefficient (Wildman–Crippen LogP) is 4.31. The predicted molar refractivity (Wildman–Crippen MR) is 153 cm³/mol. The van der Waals surface area contributed by atoms with Gasteiger partial charge in [0.05, 0.1) is 32.0 Å². The average Bonchev–Trinajstić information content (AvgIpc) is 3.32. The molecule has 2 aromatic carbocycles. The fraction of sp³-hybridized carbons (Fsp3) is 0.312. The Balaban J connectivity index is 1.29. The molecule has 0 aliphatic carbocycles. The maximum Gasteiger partial charge on any atom is 0.335 e.